The largest absolute Gasteiger partial charge is 0.348 e. The first-order valence-electron chi connectivity index (χ1n) is 7.07. The minimum absolute atomic E-state index is 0.0302. The van der Waals surface area contributed by atoms with Gasteiger partial charge in [-0.25, -0.2) is 0 Å². The summed E-state index contributed by atoms with van der Waals surface area (Å²) in [6, 6.07) is 10.3. The number of nitrogens with zero attached hydrogens (tertiary/aromatic N) is 1. The van der Waals surface area contributed by atoms with E-state index in [0.29, 0.717) is 12.0 Å². The minimum Gasteiger partial charge on any atom is -0.348 e. The topological polar surface area (TPSA) is 32.3 Å². The van der Waals surface area contributed by atoms with Crippen LogP contribution in [0.5, 0.6) is 0 Å². The fourth-order valence-corrected chi connectivity index (χ4v) is 3.10. The Hall–Kier alpha value is -1.61. The molecule has 19 heavy (non-hydrogen) atoms. The predicted molar refractivity (Wildman–Crippen MR) is 76.6 cm³/mol. The van der Waals surface area contributed by atoms with Gasteiger partial charge in [-0.05, 0) is 43.5 Å². The quantitative estimate of drug-likeness (QED) is 0.838. The molecule has 1 amide bonds. The molecule has 3 aliphatic heterocycles. The Morgan fingerprint density at radius 2 is 1.95 bits per heavy atom. The highest BCUT2D eigenvalue weighted by Crippen LogP contribution is 2.27. The molecule has 1 aromatic rings. The average Bonchev–Trinajstić information content (AvgIpc) is 2.47. The van der Waals surface area contributed by atoms with Crippen LogP contribution in [-0.4, -0.2) is 36.5 Å². The molecule has 0 radical (unpaired) electrons. The van der Waals surface area contributed by atoms with Gasteiger partial charge in [0.05, 0.1) is 0 Å². The second kappa shape index (κ2) is 5.57. The van der Waals surface area contributed by atoms with Crippen LogP contribution in [0.1, 0.15) is 18.4 Å². The molecule has 3 fully saturated rings. The van der Waals surface area contributed by atoms with E-state index in [1.165, 1.54) is 25.9 Å². The number of rotatable bonds is 3. The number of hydrogen-bond acceptors (Lipinski definition) is 2. The summed E-state index contributed by atoms with van der Waals surface area (Å²) in [5, 5.41) is 3.15. The Balaban J connectivity index is 1.55. The number of carbonyl (C=O) groups excluding carboxylic acids is 1. The van der Waals surface area contributed by atoms with Gasteiger partial charge in [-0.15, -0.1) is 0 Å². The lowest BCUT2D eigenvalue weighted by molar-refractivity contribution is -0.118. The SMILES string of the molecule is O=C(/C=C\c1ccccc1)N[C@H]1CN2CCC1CC2. The summed E-state index contributed by atoms with van der Waals surface area (Å²) in [5.74, 6) is 0.710. The molecule has 0 aromatic heterocycles. The van der Waals surface area contributed by atoms with Gasteiger partial charge < -0.3 is 10.2 Å². The average molecular weight is 256 g/mol. The highest BCUT2D eigenvalue weighted by Gasteiger charge is 2.34. The fourth-order valence-electron chi connectivity index (χ4n) is 3.10. The normalized spacial score (nSPS) is 29.6. The smallest absolute Gasteiger partial charge is 0.244 e. The van der Waals surface area contributed by atoms with Gasteiger partial charge in [0.25, 0.3) is 0 Å². The lowest BCUT2D eigenvalue weighted by Gasteiger charge is -2.44. The lowest BCUT2D eigenvalue weighted by Crippen LogP contribution is -2.57. The van der Waals surface area contributed by atoms with Crippen molar-refractivity contribution in [3.63, 3.8) is 0 Å². The van der Waals surface area contributed by atoms with Crippen LogP contribution in [0.25, 0.3) is 6.08 Å². The number of fused-ring (bicyclic) bond motifs is 3. The molecule has 100 valence electrons. The van der Waals surface area contributed by atoms with E-state index < -0.39 is 0 Å². The van der Waals surface area contributed by atoms with Crippen LogP contribution >= 0.6 is 0 Å². The van der Waals surface area contributed by atoms with Gasteiger partial charge in [0, 0.05) is 18.7 Å². The molecule has 0 aliphatic carbocycles. The zero-order valence-electron chi connectivity index (χ0n) is 11.1. The molecule has 3 aliphatic rings. The van der Waals surface area contributed by atoms with Crippen LogP contribution in [-0.2, 0) is 4.79 Å². The summed E-state index contributed by atoms with van der Waals surface area (Å²) in [4.78, 5) is 14.4. The van der Waals surface area contributed by atoms with Gasteiger partial charge >= 0.3 is 0 Å². The summed E-state index contributed by atoms with van der Waals surface area (Å²) >= 11 is 0. The molecule has 1 atom stereocenters. The second-order valence-corrected chi connectivity index (χ2v) is 5.50. The molecular formula is C16H20N2O. The van der Waals surface area contributed by atoms with Gasteiger partial charge in [0.2, 0.25) is 5.91 Å². The van der Waals surface area contributed by atoms with Crippen LogP contribution in [0.3, 0.4) is 0 Å². The van der Waals surface area contributed by atoms with Crippen LogP contribution in [0.4, 0.5) is 0 Å². The second-order valence-electron chi connectivity index (χ2n) is 5.50. The summed E-state index contributed by atoms with van der Waals surface area (Å²) in [6.45, 7) is 3.43. The molecule has 2 bridgehead atoms. The molecule has 0 saturated carbocycles. The molecule has 1 N–H and O–H groups in total. The summed E-state index contributed by atoms with van der Waals surface area (Å²) in [6.07, 6.45) is 5.98. The molecule has 3 nitrogen and oxygen atoms in total. The Labute approximate surface area is 114 Å². The summed E-state index contributed by atoms with van der Waals surface area (Å²) < 4.78 is 0. The number of carbonyl (C=O) groups is 1. The van der Waals surface area contributed by atoms with Crippen molar-refractivity contribution >= 4 is 12.0 Å². The van der Waals surface area contributed by atoms with E-state index in [1.807, 2.05) is 36.4 Å². The lowest BCUT2D eigenvalue weighted by atomic mass is 9.84. The summed E-state index contributed by atoms with van der Waals surface area (Å²) in [7, 11) is 0. The zero-order valence-corrected chi connectivity index (χ0v) is 11.1. The van der Waals surface area contributed by atoms with Gasteiger partial charge in [-0.3, -0.25) is 4.79 Å². The Bertz CT molecular complexity index is 461. The van der Waals surface area contributed by atoms with Crippen molar-refractivity contribution in [1.82, 2.24) is 10.2 Å². The maximum atomic E-state index is 11.9. The highest BCUT2D eigenvalue weighted by atomic mass is 16.1. The Morgan fingerprint density at radius 3 is 2.58 bits per heavy atom. The predicted octanol–water partition coefficient (Wildman–Crippen LogP) is 1.91. The molecule has 4 rings (SSSR count). The molecule has 1 aromatic carbocycles. The zero-order chi connectivity index (χ0) is 13.1. The monoisotopic (exact) mass is 256 g/mol. The minimum atomic E-state index is 0.0302. The first-order chi connectivity index (χ1) is 9.31. The van der Waals surface area contributed by atoms with Gasteiger partial charge in [-0.1, -0.05) is 30.3 Å². The van der Waals surface area contributed by atoms with Crippen molar-refractivity contribution in [1.29, 1.82) is 0 Å². The molecule has 3 heterocycles. The number of amides is 1. The van der Waals surface area contributed by atoms with E-state index in [1.54, 1.807) is 6.08 Å². The highest BCUT2D eigenvalue weighted by molar-refractivity contribution is 5.91. The van der Waals surface area contributed by atoms with Crippen LogP contribution in [0, 0.1) is 5.92 Å². The van der Waals surface area contributed by atoms with Gasteiger partial charge in [0.15, 0.2) is 0 Å². The van der Waals surface area contributed by atoms with E-state index in [-0.39, 0.29) is 5.91 Å². The maximum absolute atomic E-state index is 11.9. The number of nitrogens with one attached hydrogen (secondary N) is 1. The maximum Gasteiger partial charge on any atom is 0.244 e. The number of benzene rings is 1. The van der Waals surface area contributed by atoms with Gasteiger partial charge in [-0.2, -0.15) is 0 Å². The fraction of sp³-hybridized carbons (Fsp3) is 0.438. The van der Waals surface area contributed by atoms with E-state index >= 15 is 0 Å². The number of hydrogen-bond donors (Lipinski definition) is 1. The molecule has 0 spiro atoms. The van der Waals surface area contributed by atoms with Crippen LogP contribution < -0.4 is 5.32 Å². The van der Waals surface area contributed by atoms with Crippen molar-refractivity contribution in [3.8, 4) is 0 Å². The molecule has 0 unspecified atom stereocenters. The first kappa shape index (κ1) is 12.4. The van der Waals surface area contributed by atoms with Crippen LogP contribution in [0.2, 0.25) is 0 Å². The third kappa shape index (κ3) is 3.04. The number of piperidine rings is 3. The standard InChI is InChI=1S/C16H20N2O/c19-16(7-6-13-4-2-1-3-5-13)17-15-12-18-10-8-14(15)9-11-18/h1-7,14-15H,8-12H2,(H,17,19)/b7-6-/t15-/m0/s1. The third-order valence-corrected chi connectivity index (χ3v) is 4.21. The van der Waals surface area contributed by atoms with E-state index in [9.17, 15) is 4.79 Å². The summed E-state index contributed by atoms with van der Waals surface area (Å²) in [5.41, 5.74) is 1.06. The van der Waals surface area contributed by atoms with E-state index in [0.717, 1.165) is 12.1 Å². The molecule has 3 saturated heterocycles. The van der Waals surface area contributed by atoms with Gasteiger partial charge in [0.1, 0.15) is 0 Å². The van der Waals surface area contributed by atoms with Crippen molar-refractivity contribution < 1.29 is 4.79 Å². The van der Waals surface area contributed by atoms with Crippen molar-refractivity contribution in [2.45, 2.75) is 18.9 Å². The molecular weight excluding hydrogens is 236 g/mol. The van der Waals surface area contributed by atoms with Crippen molar-refractivity contribution in [2.75, 3.05) is 19.6 Å². The third-order valence-electron chi connectivity index (χ3n) is 4.21. The first-order valence-corrected chi connectivity index (χ1v) is 7.07. The molecule has 3 heteroatoms. The Kier molecular flexibility index (Phi) is 3.65. The van der Waals surface area contributed by atoms with E-state index in [2.05, 4.69) is 10.2 Å². The van der Waals surface area contributed by atoms with Crippen molar-refractivity contribution in [3.05, 3.63) is 42.0 Å². The van der Waals surface area contributed by atoms with Crippen molar-refractivity contribution in [2.24, 2.45) is 5.92 Å². The van der Waals surface area contributed by atoms with Crippen LogP contribution in [0.15, 0.2) is 36.4 Å². The Morgan fingerprint density at radius 1 is 1.21 bits per heavy atom. The van der Waals surface area contributed by atoms with E-state index in [4.69, 9.17) is 0 Å².